The number of halogens is 1. The van der Waals surface area contributed by atoms with Gasteiger partial charge in [-0.1, -0.05) is 60.1 Å². The molecule has 27 heavy (non-hydrogen) atoms. The summed E-state index contributed by atoms with van der Waals surface area (Å²) in [4.78, 5) is 25.3. The zero-order chi connectivity index (χ0) is 19.1. The third kappa shape index (κ3) is 5.43. The van der Waals surface area contributed by atoms with E-state index in [1.807, 2.05) is 36.4 Å². The average molecular weight is 379 g/mol. The van der Waals surface area contributed by atoms with Crippen LogP contribution in [0.1, 0.15) is 15.9 Å². The van der Waals surface area contributed by atoms with Crippen LogP contribution in [0.4, 0.5) is 5.69 Å². The summed E-state index contributed by atoms with van der Waals surface area (Å²) in [5, 5.41) is 6.26. The van der Waals surface area contributed by atoms with E-state index in [-0.39, 0.29) is 11.8 Å². The summed E-state index contributed by atoms with van der Waals surface area (Å²) >= 11 is 5.89. The van der Waals surface area contributed by atoms with Gasteiger partial charge in [-0.15, -0.1) is 0 Å². The molecule has 2 N–H and O–H groups in total. The molecule has 0 heterocycles. The number of carbonyl (C=O) groups excluding carboxylic acids is 2. The lowest BCUT2D eigenvalue weighted by molar-refractivity contribution is -0.118. The summed E-state index contributed by atoms with van der Waals surface area (Å²) in [6.45, 7) is 0. The van der Waals surface area contributed by atoms with Crippen molar-refractivity contribution in [3.8, 4) is 0 Å². The zero-order valence-electron chi connectivity index (χ0n) is 14.6. The molecule has 1 atom stereocenters. The fraction of sp³-hybridized carbons (Fsp3) is 0.0909. The van der Waals surface area contributed by atoms with Gasteiger partial charge in [0, 0.05) is 22.7 Å². The van der Waals surface area contributed by atoms with Crippen LogP contribution in [0.15, 0.2) is 84.9 Å². The highest BCUT2D eigenvalue weighted by Gasteiger charge is 2.22. The Balaban J connectivity index is 1.77. The van der Waals surface area contributed by atoms with Crippen LogP contribution in [-0.2, 0) is 11.2 Å². The first kappa shape index (κ1) is 18.7. The van der Waals surface area contributed by atoms with Crippen LogP contribution in [0.2, 0.25) is 5.02 Å². The minimum absolute atomic E-state index is 0.287. The molecule has 4 nitrogen and oxygen atoms in total. The molecule has 0 saturated carbocycles. The van der Waals surface area contributed by atoms with Crippen LogP contribution in [0, 0.1) is 0 Å². The molecule has 0 unspecified atom stereocenters. The molecule has 3 aromatic rings. The predicted octanol–water partition coefficient (Wildman–Crippen LogP) is 4.32. The van der Waals surface area contributed by atoms with Gasteiger partial charge in [-0.25, -0.2) is 0 Å². The smallest absolute Gasteiger partial charge is 0.251 e. The van der Waals surface area contributed by atoms with E-state index in [1.54, 1.807) is 48.5 Å². The molecule has 0 fully saturated rings. The quantitative estimate of drug-likeness (QED) is 0.671. The Hall–Kier alpha value is -3.11. The highest BCUT2D eigenvalue weighted by molar-refractivity contribution is 6.30. The van der Waals surface area contributed by atoms with E-state index in [0.29, 0.717) is 22.7 Å². The van der Waals surface area contributed by atoms with E-state index < -0.39 is 6.04 Å². The Morgan fingerprint density at radius 1 is 0.815 bits per heavy atom. The molecule has 5 heteroatoms. The van der Waals surface area contributed by atoms with E-state index in [4.69, 9.17) is 11.6 Å². The van der Waals surface area contributed by atoms with Gasteiger partial charge in [0.25, 0.3) is 5.91 Å². The maximum absolute atomic E-state index is 12.8. The summed E-state index contributed by atoms with van der Waals surface area (Å²) in [5.74, 6) is -0.576. The molecule has 0 aromatic heterocycles. The van der Waals surface area contributed by atoms with Crippen molar-refractivity contribution in [3.05, 3.63) is 101 Å². The van der Waals surface area contributed by atoms with Crippen LogP contribution in [-0.4, -0.2) is 17.9 Å². The Kier molecular flexibility index (Phi) is 6.23. The SMILES string of the molecule is O=C(N[C@@H](Cc1ccccc1)C(=O)Nc1ccc(Cl)cc1)c1ccccc1. The van der Waals surface area contributed by atoms with Gasteiger partial charge in [-0.05, 0) is 42.0 Å². The second kappa shape index (κ2) is 9.01. The molecule has 0 radical (unpaired) electrons. The number of hydrogen-bond acceptors (Lipinski definition) is 2. The van der Waals surface area contributed by atoms with Crippen molar-refractivity contribution in [1.29, 1.82) is 0 Å². The Morgan fingerprint density at radius 3 is 2.04 bits per heavy atom. The van der Waals surface area contributed by atoms with E-state index in [2.05, 4.69) is 10.6 Å². The number of benzene rings is 3. The van der Waals surface area contributed by atoms with Crippen LogP contribution in [0.5, 0.6) is 0 Å². The van der Waals surface area contributed by atoms with Crippen LogP contribution in [0.3, 0.4) is 0 Å². The van der Waals surface area contributed by atoms with Crippen molar-refractivity contribution in [2.24, 2.45) is 0 Å². The zero-order valence-corrected chi connectivity index (χ0v) is 15.3. The molecular weight excluding hydrogens is 360 g/mol. The summed E-state index contributed by atoms with van der Waals surface area (Å²) in [6.07, 6.45) is 0.388. The van der Waals surface area contributed by atoms with Gasteiger partial charge in [0.2, 0.25) is 5.91 Å². The van der Waals surface area contributed by atoms with Crippen LogP contribution >= 0.6 is 11.6 Å². The number of nitrogens with one attached hydrogen (secondary N) is 2. The molecule has 0 aliphatic carbocycles. The monoisotopic (exact) mass is 378 g/mol. The maximum atomic E-state index is 12.8. The summed E-state index contributed by atoms with van der Waals surface area (Å²) in [5.41, 5.74) is 2.09. The van der Waals surface area contributed by atoms with Crippen LogP contribution < -0.4 is 10.6 Å². The number of rotatable bonds is 6. The number of hydrogen-bond donors (Lipinski definition) is 2. The topological polar surface area (TPSA) is 58.2 Å². The second-order valence-electron chi connectivity index (χ2n) is 6.08. The third-order valence-corrected chi connectivity index (χ3v) is 4.30. The first-order valence-corrected chi connectivity index (χ1v) is 8.96. The van der Waals surface area contributed by atoms with Crippen LogP contribution in [0.25, 0.3) is 0 Å². The Bertz CT molecular complexity index is 897. The van der Waals surface area contributed by atoms with Crippen molar-refractivity contribution in [1.82, 2.24) is 5.32 Å². The fourth-order valence-electron chi connectivity index (χ4n) is 2.65. The highest BCUT2D eigenvalue weighted by atomic mass is 35.5. The average Bonchev–Trinajstić information content (AvgIpc) is 2.70. The second-order valence-corrected chi connectivity index (χ2v) is 6.51. The Morgan fingerprint density at radius 2 is 1.41 bits per heavy atom. The standard InChI is InChI=1S/C22H19ClN2O2/c23-18-11-13-19(14-12-18)24-22(27)20(15-16-7-3-1-4-8-16)25-21(26)17-9-5-2-6-10-17/h1-14,20H,15H2,(H,24,27)(H,25,26)/t20-/m0/s1. The lowest BCUT2D eigenvalue weighted by Crippen LogP contribution is -2.45. The first-order valence-electron chi connectivity index (χ1n) is 8.58. The van der Waals surface area contributed by atoms with Gasteiger partial charge in [0.05, 0.1) is 0 Å². The van der Waals surface area contributed by atoms with E-state index in [1.165, 1.54) is 0 Å². The normalized spacial score (nSPS) is 11.4. The van der Waals surface area contributed by atoms with Crippen molar-refractivity contribution in [3.63, 3.8) is 0 Å². The summed E-state index contributed by atoms with van der Waals surface area (Å²) in [7, 11) is 0. The van der Waals surface area contributed by atoms with Crippen molar-refractivity contribution in [2.45, 2.75) is 12.5 Å². The minimum Gasteiger partial charge on any atom is -0.340 e. The Labute approximate surface area is 163 Å². The molecule has 2 amide bonds. The predicted molar refractivity (Wildman–Crippen MR) is 108 cm³/mol. The molecule has 0 aliphatic rings. The lowest BCUT2D eigenvalue weighted by atomic mass is 10.0. The van der Waals surface area contributed by atoms with Crippen molar-refractivity contribution < 1.29 is 9.59 Å². The van der Waals surface area contributed by atoms with Crippen molar-refractivity contribution >= 4 is 29.1 Å². The third-order valence-electron chi connectivity index (χ3n) is 4.05. The molecule has 3 rings (SSSR count). The largest absolute Gasteiger partial charge is 0.340 e. The number of carbonyl (C=O) groups is 2. The molecule has 0 bridgehead atoms. The number of amides is 2. The first-order chi connectivity index (χ1) is 13.1. The molecule has 0 spiro atoms. The van der Waals surface area contributed by atoms with E-state index in [9.17, 15) is 9.59 Å². The molecule has 136 valence electrons. The number of anilines is 1. The maximum Gasteiger partial charge on any atom is 0.251 e. The van der Waals surface area contributed by atoms with Crippen molar-refractivity contribution in [2.75, 3.05) is 5.32 Å². The molecular formula is C22H19ClN2O2. The van der Waals surface area contributed by atoms with E-state index in [0.717, 1.165) is 5.56 Å². The molecule has 0 aliphatic heterocycles. The van der Waals surface area contributed by atoms with Gasteiger partial charge in [0.15, 0.2) is 0 Å². The highest BCUT2D eigenvalue weighted by Crippen LogP contribution is 2.14. The minimum atomic E-state index is -0.712. The summed E-state index contributed by atoms with van der Waals surface area (Å²) in [6, 6.07) is 24.5. The molecule has 0 saturated heterocycles. The van der Waals surface area contributed by atoms with Gasteiger partial charge in [-0.3, -0.25) is 9.59 Å². The van der Waals surface area contributed by atoms with Gasteiger partial charge in [0.1, 0.15) is 6.04 Å². The van der Waals surface area contributed by atoms with Gasteiger partial charge in [-0.2, -0.15) is 0 Å². The van der Waals surface area contributed by atoms with Gasteiger partial charge >= 0.3 is 0 Å². The lowest BCUT2D eigenvalue weighted by Gasteiger charge is -2.19. The molecule has 3 aromatic carbocycles. The van der Waals surface area contributed by atoms with Gasteiger partial charge < -0.3 is 10.6 Å². The summed E-state index contributed by atoms with van der Waals surface area (Å²) < 4.78 is 0. The fourth-order valence-corrected chi connectivity index (χ4v) is 2.78. The van der Waals surface area contributed by atoms with E-state index >= 15 is 0 Å².